The molecular formula is C8H11Cl2N. The fourth-order valence-electron chi connectivity index (χ4n) is 0.482. The summed E-state index contributed by atoms with van der Waals surface area (Å²) in [6.07, 6.45) is 0. The van der Waals surface area contributed by atoms with Crippen molar-refractivity contribution in [3.63, 3.8) is 0 Å². The average molecular weight is 192 g/mol. The predicted molar refractivity (Wildman–Crippen MR) is 50.3 cm³/mol. The molecule has 0 atom stereocenters. The number of nitrogens with zero attached hydrogens (tertiary/aromatic N) is 1. The van der Waals surface area contributed by atoms with Crippen LogP contribution in [0.25, 0.3) is 0 Å². The van der Waals surface area contributed by atoms with Gasteiger partial charge in [-0.15, -0.1) is 0 Å². The highest BCUT2D eigenvalue weighted by molar-refractivity contribution is 6.32. The first-order valence-corrected chi connectivity index (χ1v) is 4.24. The van der Waals surface area contributed by atoms with Gasteiger partial charge in [-0.25, -0.2) is 4.98 Å². The highest BCUT2D eigenvalue weighted by Gasteiger charge is 1.94. The molecule has 3 heteroatoms. The highest BCUT2D eigenvalue weighted by atomic mass is 35.5. The molecule has 62 valence electrons. The molecule has 0 amide bonds. The second-order valence-electron chi connectivity index (χ2n) is 1.74. The number of hydrogen-bond donors (Lipinski definition) is 0. The van der Waals surface area contributed by atoms with E-state index in [1.54, 1.807) is 6.07 Å². The number of hydrogen-bond acceptors (Lipinski definition) is 1. The molecule has 0 aliphatic carbocycles. The molecule has 11 heavy (non-hydrogen) atoms. The van der Waals surface area contributed by atoms with E-state index in [1.165, 1.54) is 0 Å². The van der Waals surface area contributed by atoms with Gasteiger partial charge in [0.05, 0.1) is 0 Å². The fraction of sp³-hybridized carbons (Fsp3) is 0.375. The third-order valence-electron chi connectivity index (χ3n) is 1.00. The molecule has 0 N–H and O–H groups in total. The molecule has 1 heterocycles. The minimum atomic E-state index is 0.436. The second-order valence-corrected chi connectivity index (χ2v) is 2.49. The third-order valence-corrected chi connectivity index (χ3v) is 1.59. The SMILES string of the molecule is CC.Cc1ccc(Cl)nc1Cl. The van der Waals surface area contributed by atoms with Gasteiger partial charge in [0.2, 0.25) is 0 Å². The quantitative estimate of drug-likeness (QED) is 0.570. The van der Waals surface area contributed by atoms with Gasteiger partial charge in [0.1, 0.15) is 10.3 Å². The smallest absolute Gasteiger partial charge is 0.133 e. The normalized spacial score (nSPS) is 8.45. The average Bonchev–Trinajstić information content (AvgIpc) is 2.02. The summed E-state index contributed by atoms with van der Waals surface area (Å²) >= 11 is 11.1. The van der Waals surface area contributed by atoms with Crippen LogP contribution >= 0.6 is 23.2 Å². The van der Waals surface area contributed by atoms with E-state index in [9.17, 15) is 0 Å². The van der Waals surface area contributed by atoms with Gasteiger partial charge in [0.25, 0.3) is 0 Å². The number of rotatable bonds is 0. The van der Waals surface area contributed by atoms with Gasteiger partial charge in [-0.2, -0.15) is 0 Å². The van der Waals surface area contributed by atoms with Crippen molar-refractivity contribution < 1.29 is 0 Å². The Labute approximate surface area is 77.4 Å². The Bertz CT molecular complexity index is 223. The first-order chi connectivity index (χ1) is 5.20. The molecule has 0 bridgehead atoms. The zero-order valence-corrected chi connectivity index (χ0v) is 8.37. The van der Waals surface area contributed by atoms with Crippen molar-refractivity contribution in [2.75, 3.05) is 0 Å². The molecule has 0 radical (unpaired) electrons. The molecule has 0 aliphatic heterocycles. The first-order valence-electron chi connectivity index (χ1n) is 3.49. The van der Waals surface area contributed by atoms with E-state index in [2.05, 4.69) is 4.98 Å². The number of aromatic nitrogens is 1. The monoisotopic (exact) mass is 191 g/mol. The fourth-order valence-corrected chi connectivity index (χ4v) is 0.827. The molecule has 0 saturated carbocycles. The summed E-state index contributed by atoms with van der Waals surface area (Å²) in [5, 5.41) is 0.910. The summed E-state index contributed by atoms with van der Waals surface area (Å²) in [6.45, 7) is 5.88. The van der Waals surface area contributed by atoms with Gasteiger partial charge >= 0.3 is 0 Å². The Kier molecular flexibility index (Phi) is 5.26. The van der Waals surface area contributed by atoms with Crippen LogP contribution in [0.3, 0.4) is 0 Å². The lowest BCUT2D eigenvalue weighted by molar-refractivity contribution is 1.27. The van der Waals surface area contributed by atoms with Crippen LogP contribution < -0.4 is 0 Å². The van der Waals surface area contributed by atoms with Crippen molar-refractivity contribution in [2.24, 2.45) is 0 Å². The maximum atomic E-state index is 5.62. The summed E-state index contributed by atoms with van der Waals surface area (Å²) in [4.78, 5) is 3.80. The lowest BCUT2D eigenvalue weighted by Gasteiger charge is -1.93. The Morgan fingerprint density at radius 3 is 2.09 bits per heavy atom. The summed E-state index contributed by atoms with van der Waals surface area (Å²) < 4.78 is 0. The summed E-state index contributed by atoms with van der Waals surface area (Å²) in [5.41, 5.74) is 0.945. The second kappa shape index (κ2) is 5.39. The van der Waals surface area contributed by atoms with Crippen molar-refractivity contribution >= 4 is 23.2 Å². The van der Waals surface area contributed by atoms with E-state index >= 15 is 0 Å². The molecule has 1 nitrogen and oxygen atoms in total. The van der Waals surface area contributed by atoms with E-state index < -0.39 is 0 Å². The van der Waals surface area contributed by atoms with Crippen LogP contribution in [-0.2, 0) is 0 Å². The zero-order valence-electron chi connectivity index (χ0n) is 6.86. The van der Waals surface area contributed by atoms with E-state index in [-0.39, 0.29) is 0 Å². The number of pyridine rings is 1. The minimum Gasteiger partial charge on any atom is -0.224 e. The van der Waals surface area contributed by atoms with E-state index in [4.69, 9.17) is 23.2 Å². The van der Waals surface area contributed by atoms with Gasteiger partial charge in [-0.05, 0) is 18.6 Å². The molecular weight excluding hydrogens is 181 g/mol. The summed E-state index contributed by atoms with van der Waals surface area (Å²) in [6, 6.07) is 3.54. The van der Waals surface area contributed by atoms with Crippen LogP contribution in [0, 0.1) is 6.92 Å². The Morgan fingerprint density at radius 2 is 1.73 bits per heavy atom. The summed E-state index contributed by atoms with van der Waals surface area (Å²) in [7, 11) is 0. The molecule has 0 saturated heterocycles. The predicted octanol–water partition coefficient (Wildman–Crippen LogP) is 3.72. The highest BCUT2D eigenvalue weighted by Crippen LogP contribution is 2.14. The van der Waals surface area contributed by atoms with Gasteiger partial charge in [0.15, 0.2) is 0 Å². The van der Waals surface area contributed by atoms with Crippen LogP contribution in [0.5, 0.6) is 0 Å². The van der Waals surface area contributed by atoms with E-state index in [0.717, 1.165) is 5.56 Å². The lowest BCUT2D eigenvalue weighted by atomic mass is 10.3. The standard InChI is InChI=1S/C6H5Cl2N.C2H6/c1-4-2-3-5(7)9-6(4)8;1-2/h2-3H,1H3;1-2H3. The number of aryl methyl sites for hydroxylation is 1. The van der Waals surface area contributed by atoms with Gasteiger partial charge in [0, 0.05) is 0 Å². The largest absolute Gasteiger partial charge is 0.224 e. The molecule has 0 fully saturated rings. The minimum absolute atomic E-state index is 0.436. The first kappa shape index (κ1) is 10.7. The van der Waals surface area contributed by atoms with Crippen LogP contribution in [-0.4, -0.2) is 4.98 Å². The topological polar surface area (TPSA) is 12.9 Å². The Morgan fingerprint density at radius 1 is 1.18 bits per heavy atom. The van der Waals surface area contributed by atoms with E-state index in [0.29, 0.717) is 10.3 Å². The lowest BCUT2D eigenvalue weighted by Crippen LogP contribution is -1.79. The molecule has 1 aromatic rings. The van der Waals surface area contributed by atoms with Gasteiger partial charge in [-0.3, -0.25) is 0 Å². The van der Waals surface area contributed by atoms with Gasteiger partial charge < -0.3 is 0 Å². The van der Waals surface area contributed by atoms with Crippen molar-refractivity contribution in [3.8, 4) is 0 Å². The maximum Gasteiger partial charge on any atom is 0.133 e. The van der Waals surface area contributed by atoms with Crippen LogP contribution in [0.4, 0.5) is 0 Å². The summed E-state index contributed by atoms with van der Waals surface area (Å²) in [5.74, 6) is 0. The zero-order chi connectivity index (χ0) is 8.85. The molecule has 0 spiro atoms. The maximum absolute atomic E-state index is 5.62. The van der Waals surface area contributed by atoms with Crippen molar-refractivity contribution in [2.45, 2.75) is 20.8 Å². The number of halogens is 2. The molecule has 0 unspecified atom stereocenters. The molecule has 1 rings (SSSR count). The molecule has 1 aromatic heterocycles. The van der Waals surface area contributed by atoms with Crippen molar-refractivity contribution in [3.05, 3.63) is 28.0 Å². The van der Waals surface area contributed by atoms with Crippen molar-refractivity contribution in [1.29, 1.82) is 0 Å². The van der Waals surface area contributed by atoms with Crippen molar-refractivity contribution in [1.82, 2.24) is 4.98 Å². The Hall–Kier alpha value is -0.270. The van der Waals surface area contributed by atoms with Crippen LogP contribution in [0.15, 0.2) is 12.1 Å². The molecule has 0 aromatic carbocycles. The molecule has 0 aliphatic rings. The Balaban J connectivity index is 0.000000461. The van der Waals surface area contributed by atoms with Crippen LogP contribution in [0.2, 0.25) is 10.3 Å². The van der Waals surface area contributed by atoms with Gasteiger partial charge in [-0.1, -0.05) is 43.1 Å². The van der Waals surface area contributed by atoms with E-state index in [1.807, 2.05) is 26.8 Å². The third kappa shape index (κ3) is 3.59. The van der Waals surface area contributed by atoms with Crippen LogP contribution in [0.1, 0.15) is 19.4 Å².